The Kier molecular flexibility index (Phi) is 10.2. The van der Waals surface area contributed by atoms with Gasteiger partial charge in [-0.05, 0) is 12.8 Å². The topological polar surface area (TPSA) is 70.4 Å². The lowest BCUT2D eigenvalue weighted by atomic mass is 10.1. The number of aryl methyl sites for hydroxylation is 1. The SMILES string of the molecule is CCc1nncn1CCNC(=NC)NC1CCN(CC(F)F)CC1.I. The van der Waals surface area contributed by atoms with Crippen molar-refractivity contribution in [1.82, 2.24) is 30.3 Å². The first-order valence-corrected chi connectivity index (χ1v) is 8.46. The third-order valence-electron chi connectivity index (χ3n) is 4.21. The summed E-state index contributed by atoms with van der Waals surface area (Å²) in [6.45, 7) is 4.80. The molecular formula is C15H28F2IN7. The van der Waals surface area contributed by atoms with Gasteiger partial charge in [0.25, 0.3) is 6.43 Å². The van der Waals surface area contributed by atoms with E-state index in [0.29, 0.717) is 13.1 Å². The first kappa shape index (κ1) is 22.0. The predicted molar refractivity (Wildman–Crippen MR) is 105 cm³/mol. The van der Waals surface area contributed by atoms with E-state index in [1.54, 1.807) is 13.4 Å². The van der Waals surface area contributed by atoms with E-state index in [2.05, 4.69) is 32.7 Å². The van der Waals surface area contributed by atoms with Crippen LogP contribution < -0.4 is 10.6 Å². The number of nitrogens with zero attached hydrogens (tertiary/aromatic N) is 5. The van der Waals surface area contributed by atoms with Gasteiger partial charge >= 0.3 is 0 Å². The number of aliphatic imine (C=N–C) groups is 1. The van der Waals surface area contributed by atoms with Gasteiger partial charge in [-0.25, -0.2) is 8.78 Å². The summed E-state index contributed by atoms with van der Waals surface area (Å²) in [5.41, 5.74) is 0. The van der Waals surface area contributed by atoms with Crippen LogP contribution in [-0.2, 0) is 13.0 Å². The number of hydrogen-bond acceptors (Lipinski definition) is 4. The number of halogens is 3. The Labute approximate surface area is 164 Å². The van der Waals surface area contributed by atoms with Gasteiger partial charge in [0.1, 0.15) is 12.2 Å². The van der Waals surface area contributed by atoms with Gasteiger partial charge in [0.15, 0.2) is 5.96 Å². The molecule has 1 aromatic rings. The second-order valence-corrected chi connectivity index (χ2v) is 5.90. The lowest BCUT2D eigenvalue weighted by molar-refractivity contribution is 0.0744. The minimum absolute atomic E-state index is 0. The second-order valence-electron chi connectivity index (χ2n) is 5.90. The van der Waals surface area contributed by atoms with Gasteiger partial charge in [0.05, 0.1) is 6.54 Å². The molecule has 2 heterocycles. The summed E-state index contributed by atoms with van der Waals surface area (Å²) in [6.07, 6.45) is 2.02. The van der Waals surface area contributed by atoms with Crippen LogP contribution in [0.1, 0.15) is 25.6 Å². The summed E-state index contributed by atoms with van der Waals surface area (Å²) in [5, 5.41) is 14.6. The van der Waals surface area contributed by atoms with Crippen molar-refractivity contribution in [2.75, 3.05) is 33.2 Å². The summed E-state index contributed by atoms with van der Waals surface area (Å²) in [7, 11) is 1.73. The minimum atomic E-state index is -2.25. The maximum Gasteiger partial charge on any atom is 0.251 e. The van der Waals surface area contributed by atoms with Crippen LogP contribution in [0.25, 0.3) is 0 Å². The normalized spacial score (nSPS) is 16.8. The van der Waals surface area contributed by atoms with Gasteiger partial charge in [-0.15, -0.1) is 34.2 Å². The largest absolute Gasteiger partial charge is 0.355 e. The number of alkyl halides is 2. The van der Waals surface area contributed by atoms with E-state index >= 15 is 0 Å². The summed E-state index contributed by atoms with van der Waals surface area (Å²) in [5.74, 6) is 1.71. The highest BCUT2D eigenvalue weighted by Crippen LogP contribution is 2.11. The van der Waals surface area contributed by atoms with Crippen molar-refractivity contribution in [1.29, 1.82) is 0 Å². The molecule has 1 aromatic heterocycles. The standard InChI is InChI=1S/C15H27F2N7.HI/c1-3-14-22-20-11-24(14)9-6-19-15(18-2)21-12-4-7-23(8-5-12)10-13(16)17;/h11-13H,3-10H2,1-2H3,(H2,18,19,21);1H. The lowest BCUT2D eigenvalue weighted by Gasteiger charge is -2.32. The van der Waals surface area contributed by atoms with Crippen LogP contribution in [0.4, 0.5) is 8.78 Å². The Hall–Kier alpha value is -1.04. The van der Waals surface area contributed by atoms with E-state index in [4.69, 9.17) is 0 Å². The molecule has 0 saturated carbocycles. The molecule has 2 rings (SSSR count). The van der Waals surface area contributed by atoms with E-state index in [-0.39, 0.29) is 36.6 Å². The van der Waals surface area contributed by atoms with E-state index in [0.717, 1.165) is 44.1 Å². The maximum absolute atomic E-state index is 12.4. The van der Waals surface area contributed by atoms with Gasteiger partial charge in [0.2, 0.25) is 0 Å². The van der Waals surface area contributed by atoms with Crippen molar-refractivity contribution in [3.8, 4) is 0 Å². The van der Waals surface area contributed by atoms with Crippen molar-refractivity contribution < 1.29 is 8.78 Å². The fourth-order valence-corrected chi connectivity index (χ4v) is 2.88. The zero-order chi connectivity index (χ0) is 17.4. The van der Waals surface area contributed by atoms with Crippen molar-refractivity contribution in [3.63, 3.8) is 0 Å². The van der Waals surface area contributed by atoms with Crippen LogP contribution in [0.5, 0.6) is 0 Å². The number of guanidine groups is 1. The zero-order valence-electron chi connectivity index (χ0n) is 14.8. The van der Waals surface area contributed by atoms with Crippen LogP contribution in [-0.4, -0.2) is 71.3 Å². The number of aromatic nitrogens is 3. The second kappa shape index (κ2) is 11.6. The van der Waals surface area contributed by atoms with Crippen LogP contribution in [0.2, 0.25) is 0 Å². The zero-order valence-corrected chi connectivity index (χ0v) is 17.1. The highest BCUT2D eigenvalue weighted by atomic mass is 127. The Balaban J connectivity index is 0.00000312. The molecule has 0 spiro atoms. The van der Waals surface area contributed by atoms with Crippen LogP contribution in [0.3, 0.4) is 0 Å². The summed E-state index contributed by atoms with van der Waals surface area (Å²) < 4.78 is 26.8. The first-order valence-electron chi connectivity index (χ1n) is 8.46. The van der Waals surface area contributed by atoms with Crippen LogP contribution in [0, 0.1) is 0 Å². The smallest absolute Gasteiger partial charge is 0.251 e. The fourth-order valence-electron chi connectivity index (χ4n) is 2.88. The van der Waals surface area contributed by atoms with Gasteiger partial charge < -0.3 is 15.2 Å². The molecule has 0 unspecified atom stereocenters. The van der Waals surface area contributed by atoms with Gasteiger partial charge in [-0.3, -0.25) is 9.89 Å². The van der Waals surface area contributed by atoms with E-state index in [1.165, 1.54) is 0 Å². The summed E-state index contributed by atoms with van der Waals surface area (Å²) in [4.78, 5) is 6.05. The fraction of sp³-hybridized carbons (Fsp3) is 0.800. The maximum atomic E-state index is 12.4. The third kappa shape index (κ3) is 7.38. The molecule has 0 aromatic carbocycles. The van der Waals surface area contributed by atoms with Crippen LogP contribution in [0.15, 0.2) is 11.3 Å². The van der Waals surface area contributed by atoms with Gasteiger partial charge in [-0.2, -0.15) is 0 Å². The highest BCUT2D eigenvalue weighted by molar-refractivity contribution is 14.0. The molecule has 0 atom stereocenters. The monoisotopic (exact) mass is 471 g/mol. The molecule has 0 amide bonds. The molecule has 1 saturated heterocycles. The first-order chi connectivity index (χ1) is 11.6. The Morgan fingerprint density at radius 2 is 2.12 bits per heavy atom. The number of nitrogens with one attached hydrogen (secondary N) is 2. The molecule has 25 heavy (non-hydrogen) atoms. The Bertz CT molecular complexity index is 516. The van der Waals surface area contributed by atoms with Crippen molar-refractivity contribution >= 4 is 29.9 Å². The lowest BCUT2D eigenvalue weighted by Crippen LogP contribution is -2.49. The molecule has 1 aliphatic rings. The quantitative estimate of drug-likeness (QED) is 0.357. The molecule has 0 bridgehead atoms. The number of rotatable bonds is 7. The van der Waals surface area contributed by atoms with Crippen molar-refractivity contribution in [2.45, 2.75) is 45.2 Å². The van der Waals surface area contributed by atoms with Crippen molar-refractivity contribution in [2.24, 2.45) is 4.99 Å². The van der Waals surface area contributed by atoms with Crippen molar-refractivity contribution in [3.05, 3.63) is 12.2 Å². The molecule has 7 nitrogen and oxygen atoms in total. The number of piperidine rings is 1. The highest BCUT2D eigenvalue weighted by Gasteiger charge is 2.21. The minimum Gasteiger partial charge on any atom is -0.355 e. The van der Waals surface area contributed by atoms with Gasteiger partial charge in [0, 0.05) is 45.7 Å². The molecular weight excluding hydrogens is 443 g/mol. The summed E-state index contributed by atoms with van der Waals surface area (Å²) >= 11 is 0. The van der Waals surface area contributed by atoms with E-state index in [1.807, 2.05) is 9.47 Å². The van der Waals surface area contributed by atoms with Crippen LogP contribution >= 0.6 is 24.0 Å². The molecule has 10 heteroatoms. The Morgan fingerprint density at radius 3 is 2.72 bits per heavy atom. The van der Waals surface area contributed by atoms with E-state index < -0.39 is 6.43 Å². The predicted octanol–water partition coefficient (Wildman–Crippen LogP) is 1.35. The Morgan fingerprint density at radius 1 is 1.40 bits per heavy atom. The molecule has 0 radical (unpaired) electrons. The molecule has 0 aliphatic carbocycles. The van der Waals surface area contributed by atoms with Gasteiger partial charge in [-0.1, -0.05) is 6.92 Å². The third-order valence-corrected chi connectivity index (χ3v) is 4.21. The summed E-state index contributed by atoms with van der Waals surface area (Å²) in [6, 6.07) is 0.270. The van der Waals surface area contributed by atoms with E-state index in [9.17, 15) is 8.78 Å². The average Bonchev–Trinajstić information content (AvgIpc) is 3.02. The number of likely N-dealkylation sites (tertiary alicyclic amines) is 1. The average molecular weight is 471 g/mol. The molecule has 1 aliphatic heterocycles. The molecule has 2 N–H and O–H groups in total. The number of hydrogen-bond donors (Lipinski definition) is 2. The molecule has 1 fully saturated rings. The molecule has 144 valence electrons.